The molecule has 0 spiro atoms. The van der Waals surface area contributed by atoms with Gasteiger partial charge in [0.2, 0.25) is 0 Å². The third kappa shape index (κ3) is 5.43. The van der Waals surface area contributed by atoms with Crippen LogP contribution in [0.25, 0.3) is 0 Å². The Morgan fingerprint density at radius 3 is 2.29 bits per heavy atom. The highest BCUT2D eigenvalue weighted by atomic mass is 19.1. The zero-order chi connectivity index (χ0) is 23.2. The maximum atomic E-state index is 13.3. The van der Waals surface area contributed by atoms with Crippen molar-refractivity contribution >= 4 is 18.3 Å². The van der Waals surface area contributed by atoms with E-state index in [-0.39, 0.29) is 32.4 Å². The predicted octanol–water partition coefficient (Wildman–Crippen LogP) is 2.49. The lowest BCUT2D eigenvalue weighted by Crippen LogP contribution is -2.58. The van der Waals surface area contributed by atoms with Crippen LogP contribution in [-0.2, 0) is 16.0 Å². The standard InChI is InChI=1S/C21H21F2NO4.CH2O2/c1-13-10-16(23)6-7-17(13)19(26)24-9-8-18(25)21(12-24,20(27)28)11-14-2-4-15(22)5-3-14;2-1-3/h2-7,10,18,25H,8-9,11-12H2,1H3,(H,27,28);1H,(H,2,3)/t18-,21+;/m0./s1. The summed E-state index contributed by atoms with van der Waals surface area (Å²) >= 11 is 0. The lowest BCUT2D eigenvalue weighted by atomic mass is 9.72. The molecular weight excluding hydrogens is 412 g/mol. The highest BCUT2D eigenvalue weighted by Gasteiger charge is 2.50. The molecule has 1 aliphatic rings. The fourth-order valence-corrected chi connectivity index (χ4v) is 3.72. The van der Waals surface area contributed by atoms with Gasteiger partial charge in [0.1, 0.15) is 17.0 Å². The first kappa shape index (κ1) is 23.9. The smallest absolute Gasteiger partial charge is 0.314 e. The van der Waals surface area contributed by atoms with Gasteiger partial charge in [-0.25, -0.2) is 8.78 Å². The second-order valence-electron chi connectivity index (χ2n) is 7.36. The Balaban J connectivity index is 0.00000107. The van der Waals surface area contributed by atoms with Gasteiger partial charge in [-0.2, -0.15) is 0 Å². The number of aliphatic carboxylic acids is 1. The number of amides is 1. The molecule has 3 N–H and O–H groups in total. The Labute approximate surface area is 177 Å². The molecule has 3 rings (SSSR count). The lowest BCUT2D eigenvalue weighted by Gasteiger charge is -2.43. The van der Waals surface area contributed by atoms with Gasteiger partial charge in [-0.15, -0.1) is 0 Å². The Kier molecular flexibility index (Phi) is 7.82. The van der Waals surface area contributed by atoms with Crippen LogP contribution in [0.1, 0.15) is 27.9 Å². The second kappa shape index (κ2) is 10.1. The van der Waals surface area contributed by atoms with Gasteiger partial charge < -0.3 is 20.2 Å². The summed E-state index contributed by atoms with van der Waals surface area (Å²) in [6.07, 6.45) is -1.11. The summed E-state index contributed by atoms with van der Waals surface area (Å²) < 4.78 is 26.5. The molecule has 1 fully saturated rings. The summed E-state index contributed by atoms with van der Waals surface area (Å²) in [5.74, 6) is -2.54. The van der Waals surface area contributed by atoms with Gasteiger partial charge in [-0.05, 0) is 61.2 Å². The number of likely N-dealkylation sites (tertiary alicyclic amines) is 1. The van der Waals surface area contributed by atoms with Crippen LogP contribution in [0.15, 0.2) is 42.5 Å². The first-order valence-corrected chi connectivity index (χ1v) is 9.43. The number of carbonyl (C=O) groups excluding carboxylic acids is 1. The van der Waals surface area contributed by atoms with Crippen molar-refractivity contribution in [2.75, 3.05) is 13.1 Å². The summed E-state index contributed by atoms with van der Waals surface area (Å²) in [7, 11) is 0. The van der Waals surface area contributed by atoms with Crippen LogP contribution in [0.3, 0.4) is 0 Å². The Morgan fingerprint density at radius 1 is 1.16 bits per heavy atom. The fourth-order valence-electron chi connectivity index (χ4n) is 3.72. The van der Waals surface area contributed by atoms with Gasteiger partial charge in [0.15, 0.2) is 0 Å². The second-order valence-corrected chi connectivity index (χ2v) is 7.36. The van der Waals surface area contributed by atoms with Crippen molar-refractivity contribution in [2.45, 2.75) is 25.9 Å². The molecule has 31 heavy (non-hydrogen) atoms. The first-order valence-electron chi connectivity index (χ1n) is 9.43. The van der Waals surface area contributed by atoms with Crippen molar-refractivity contribution in [3.05, 3.63) is 70.8 Å². The first-order chi connectivity index (χ1) is 14.6. The van der Waals surface area contributed by atoms with Crippen molar-refractivity contribution in [3.63, 3.8) is 0 Å². The number of carboxylic acid groups (broad SMARTS) is 2. The molecule has 1 heterocycles. The normalized spacial score (nSPS) is 20.4. The van der Waals surface area contributed by atoms with Crippen LogP contribution in [0.5, 0.6) is 0 Å². The number of aryl methyl sites for hydroxylation is 1. The number of carbonyl (C=O) groups is 3. The van der Waals surface area contributed by atoms with Crippen LogP contribution in [0.4, 0.5) is 8.78 Å². The Hall–Kier alpha value is -3.33. The number of aliphatic hydroxyl groups is 1. The highest BCUT2D eigenvalue weighted by Crippen LogP contribution is 2.35. The third-order valence-corrected chi connectivity index (χ3v) is 5.35. The molecule has 1 amide bonds. The number of hydrogen-bond donors (Lipinski definition) is 3. The van der Waals surface area contributed by atoms with Gasteiger partial charge in [-0.3, -0.25) is 14.4 Å². The van der Waals surface area contributed by atoms with E-state index < -0.39 is 35.0 Å². The number of nitrogens with zero attached hydrogens (tertiary/aromatic N) is 1. The van der Waals surface area contributed by atoms with E-state index in [1.807, 2.05) is 0 Å². The molecule has 0 aromatic heterocycles. The summed E-state index contributed by atoms with van der Waals surface area (Å²) in [4.78, 5) is 34.8. The molecule has 0 bridgehead atoms. The van der Waals surface area contributed by atoms with Gasteiger partial charge in [0, 0.05) is 18.7 Å². The number of carboxylic acids is 1. The van der Waals surface area contributed by atoms with E-state index in [1.165, 1.54) is 47.4 Å². The molecule has 2 aromatic rings. The number of hydrogen-bond acceptors (Lipinski definition) is 4. The highest BCUT2D eigenvalue weighted by molar-refractivity contribution is 5.96. The van der Waals surface area contributed by atoms with E-state index in [0.29, 0.717) is 16.7 Å². The number of piperidine rings is 1. The van der Waals surface area contributed by atoms with Crippen molar-refractivity contribution in [2.24, 2.45) is 5.41 Å². The average Bonchev–Trinajstić information content (AvgIpc) is 2.71. The molecular formula is C22H23F2NO6. The van der Waals surface area contributed by atoms with Crippen molar-refractivity contribution in [1.82, 2.24) is 4.90 Å². The maximum Gasteiger partial charge on any atom is 0.314 e. The van der Waals surface area contributed by atoms with Gasteiger partial charge >= 0.3 is 5.97 Å². The zero-order valence-electron chi connectivity index (χ0n) is 16.8. The van der Waals surface area contributed by atoms with E-state index in [1.54, 1.807) is 6.92 Å². The zero-order valence-corrected chi connectivity index (χ0v) is 16.8. The van der Waals surface area contributed by atoms with Crippen LogP contribution in [-0.4, -0.2) is 57.8 Å². The number of rotatable bonds is 4. The molecule has 0 radical (unpaired) electrons. The molecule has 7 nitrogen and oxygen atoms in total. The molecule has 0 aliphatic carbocycles. The van der Waals surface area contributed by atoms with Crippen LogP contribution >= 0.6 is 0 Å². The van der Waals surface area contributed by atoms with Crippen molar-refractivity contribution in [1.29, 1.82) is 0 Å². The number of benzene rings is 2. The number of aliphatic hydroxyl groups excluding tert-OH is 1. The molecule has 2 atom stereocenters. The SMILES string of the molecule is Cc1cc(F)ccc1C(=O)N1CC[C@H](O)[C@](Cc2ccc(F)cc2)(C(=O)O)C1.O=CO. The third-order valence-electron chi connectivity index (χ3n) is 5.35. The summed E-state index contributed by atoms with van der Waals surface area (Å²) in [5.41, 5.74) is -0.316. The lowest BCUT2D eigenvalue weighted by molar-refractivity contribution is -0.161. The molecule has 2 aromatic carbocycles. The molecule has 1 saturated heterocycles. The van der Waals surface area contributed by atoms with E-state index in [0.717, 1.165) is 0 Å². The summed E-state index contributed by atoms with van der Waals surface area (Å²) in [5, 5.41) is 27.3. The maximum absolute atomic E-state index is 13.3. The van der Waals surface area contributed by atoms with E-state index >= 15 is 0 Å². The van der Waals surface area contributed by atoms with Crippen LogP contribution in [0.2, 0.25) is 0 Å². The summed E-state index contributed by atoms with van der Waals surface area (Å²) in [6.45, 7) is 1.35. The minimum absolute atomic E-state index is 0.0457. The predicted molar refractivity (Wildman–Crippen MR) is 107 cm³/mol. The Morgan fingerprint density at radius 2 is 1.74 bits per heavy atom. The quantitative estimate of drug-likeness (QED) is 0.636. The fraction of sp³-hybridized carbons (Fsp3) is 0.318. The van der Waals surface area contributed by atoms with Gasteiger partial charge in [0.25, 0.3) is 12.4 Å². The molecule has 166 valence electrons. The van der Waals surface area contributed by atoms with E-state index in [4.69, 9.17) is 9.90 Å². The Bertz CT molecular complexity index is 950. The largest absolute Gasteiger partial charge is 0.483 e. The summed E-state index contributed by atoms with van der Waals surface area (Å²) in [6, 6.07) is 9.20. The average molecular weight is 435 g/mol. The molecule has 1 aliphatic heterocycles. The van der Waals surface area contributed by atoms with E-state index in [2.05, 4.69) is 0 Å². The topological polar surface area (TPSA) is 115 Å². The van der Waals surface area contributed by atoms with Gasteiger partial charge in [0.05, 0.1) is 6.10 Å². The van der Waals surface area contributed by atoms with E-state index in [9.17, 15) is 28.6 Å². The minimum Gasteiger partial charge on any atom is -0.483 e. The molecule has 9 heteroatoms. The minimum atomic E-state index is -1.61. The van der Waals surface area contributed by atoms with Crippen molar-refractivity contribution in [3.8, 4) is 0 Å². The van der Waals surface area contributed by atoms with Crippen LogP contribution in [0, 0.1) is 24.0 Å². The van der Waals surface area contributed by atoms with Crippen molar-refractivity contribution < 1.29 is 38.5 Å². The molecule has 0 unspecified atom stereocenters. The monoisotopic (exact) mass is 435 g/mol. The number of halogens is 2. The van der Waals surface area contributed by atoms with Crippen LogP contribution < -0.4 is 0 Å². The van der Waals surface area contributed by atoms with Gasteiger partial charge in [-0.1, -0.05) is 12.1 Å². The molecule has 0 saturated carbocycles.